The first kappa shape index (κ1) is 23.3. The van der Waals surface area contributed by atoms with Gasteiger partial charge >= 0.3 is 0 Å². The molecule has 2 aromatic carbocycles. The first-order chi connectivity index (χ1) is 15.6. The summed E-state index contributed by atoms with van der Waals surface area (Å²) in [4.78, 5) is 4.45. The van der Waals surface area contributed by atoms with Crippen LogP contribution in [0, 0.1) is 0 Å². The molecule has 4 aromatic rings. The molecule has 0 saturated carbocycles. The monoisotopic (exact) mass is 460 g/mol. The number of thioether (sulfide) groups is 1. The summed E-state index contributed by atoms with van der Waals surface area (Å²) in [5, 5.41) is 9.55. The lowest BCUT2D eigenvalue weighted by atomic mass is 9.87. The Morgan fingerprint density at radius 1 is 0.788 bits per heavy atom. The van der Waals surface area contributed by atoms with E-state index < -0.39 is 0 Å². The lowest BCUT2D eigenvalue weighted by Crippen LogP contribution is -2.11. The fourth-order valence-corrected chi connectivity index (χ4v) is 4.36. The van der Waals surface area contributed by atoms with E-state index in [0.29, 0.717) is 18.1 Å². The molecule has 0 N–H and O–H groups in total. The molecule has 0 aliphatic carbocycles. The Bertz CT molecular complexity index is 1120. The predicted molar refractivity (Wildman–Crippen MR) is 135 cm³/mol. The molecule has 6 heteroatoms. The zero-order chi connectivity index (χ0) is 23.6. The van der Waals surface area contributed by atoms with E-state index in [1.807, 2.05) is 10.6 Å². The highest BCUT2D eigenvalue weighted by Crippen LogP contribution is 2.27. The molecule has 2 heterocycles. The number of ether oxygens (including phenoxy) is 1. The van der Waals surface area contributed by atoms with Crippen molar-refractivity contribution >= 4 is 17.4 Å². The molecule has 2 aromatic heterocycles. The Hall–Kier alpha value is -2.86. The van der Waals surface area contributed by atoms with Crippen LogP contribution in [0.4, 0.5) is 0 Å². The summed E-state index contributed by atoms with van der Waals surface area (Å²) < 4.78 is 7.93. The molecule has 0 spiro atoms. The Labute approximate surface area is 200 Å². The predicted octanol–water partition coefficient (Wildman–Crippen LogP) is 6.59. The highest BCUT2D eigenvalue weighted by molar-refractivity contribution is 7.98. The Kier molecular flexibility index (Phi) is 6.48. The van der Waals surface area contributed by atoms with Crippen LogP contribution in [0.3, 0.4) is 0 Å². The van der Waals surface area contributed by atoms with E-state index in [9.17, 15) is 0 Å². The van der Waals surface area contributed by atoms with Crippen LogP contribution < -0.4 is 4.74 Å². The zero-order valence-corrected chi connectivity index (χ0v) is 21.1. The minimum Gasteiger partial charge on any atom is -0.469 e. The summed E-state index contributed by atoms with van der Waals surface area (Å²) in [7, 11) is 0. The third-order valence-electron chi connectivity index (χ3n) is 5.65. The van der Waals surface area contributed by atoms with Gasteiger partial charge in [0.05, 0.1) is 0 Å². The summed E-state index contributed by atoms with van der Waals surface area (Å²) in [5.41, 5.74) is 5.95. The molecular formula is C27H32N4OS. The Balaban J connectivity index is 1.44. The molecular weight excluding hydrogens is 428 g/mol. The van der Waals surface area contributed by atoms with Crippen LogP contribution in [0.5, 0.6) is 5.88 Å². The van der Waals surface area contributed by atoms with Gasteiger partial charge < -0.3 is 4.74 Å². The molecule has 0 aliphatic rings. The van der Waals surface area contributed by atoms with Crippen LogP contribution >= 0.6 is 11.8 Å². The van der Waals surface area contributed by atoms with Gasteiger partial charge in [-0.15, -0.1) is 10.2 Å². The number of rotatable bonds is 6. The van der Waals surface area contributed by atoms with Crippen molar-refractivity contribution in [1.29, 1.82) is 0 Å². The average molecular weight is 461 g/mol. The van der Waals surface area contributed by atoms with Crippen molar-refractivity contribution < 1.29 is 4.74 Å². The molecule has 0 bridgehead atoms. The van der Waals surface area contributed by atoms with Crippen LogP contribution in [0.1, 0.15) is 63.8 Å². The third kappa shape index (κ3) is 5.56. The van der Waals surface area contributed by atoms with Gasteiger partial charge in [-0.2, -0.15) is 0 Å². The Morgan fingerprint density at radius 3 is 1.94 bits per heavy atom. The van der Waals surface area contributed by atoms with E-state index in [4.69, 9.17) is 4.74 Å². The van der Waals surface area contributed by atoms with Crippen molar-refractivity contribution in [3.63, 3.8) is 0 Å². The number of hydrogen-bond acceptors (Lipinski definition) is 5. The van der Waals surface area contributed by atoms with Gasteiger partial charge in [0.2, 0.25) is 5.65 Å². The molecule has 0 atom stereocenters. The van der Waals surface area contributed by atoms with Gasteiger partial charge in [-0.25, -0.2) is 4.98 Å². The molecule has 0 amide bonds. The number of fused-ring (bicyclic) bond motifs is 1. The zero-order valence-electron chi connectivity index (χ0n) is 20.3. The maximum absolute atomic E-state index is 5.99. The molecule has 172 valence electrons. The van der Waals surface area contributed by atoms with Crippen LogP contribution in [0.25, 0.3) is 5.65 Å². The van der Waals surface area contributed by atoms with Crippen LogP contribution in [0.15, 0.2) is 66.1 Å². The number of nitrogens with zero attached hydrogens (tertiary/aromatic N) is 4. The van der Waals surface area contributed by atoms with E-state index in [1.54, 1.807) is 18.0 Å². The first-order valence-electron chi connectivity index (χ1n) is 11.3. The second-order valence-corrected chi connectivity index (χ2v) is 11.3. The number of imidazole rings is 1. The van der Waals surface area contributed by atoms with Crippen LogP contribution in [0.2, 0.25) is 0 Å². The van der Waals surface area contributed by atoms with Gasteiger partial charge in [0.15, 0.2) is 5.16 Å². The maximum atomic E-state index is 5.99. The molecule has 4 rings (SSSR count). The van der Waals surface area contributed by atoms with Crippen molar-refractivity contribution in [2.24, 2.45) is 0 Å². The largest absolute Gasteiger partial charge is 0.469 e. The van der Waals surface area contributed by atoms with E-state index in [2.05, 4.69) is 105 Å². The average Bonchev–Trinajstić information content (AvgIpc) is 3.26. The minimum atomic E-state index is 0.134. The summed E-state index contributed by atoms with van der Waals surface area (Å²) >= 11 is 1.64. The van der Waals surface area contributed by atoms with Crippen molar-refractivity contribution in [3.8, 4) is 5.88 Å². The molecule has 33 heavy (non-hydrogen) atoms. The summed E-state index contributed by atoms with van der Waals surface area (Å²) in [6.45, 7) is 13.7. The molecule has 0 fully saturated rings. The van der Waals surface area contributed by atoms with Gasteiger partial charge in [-0.3, -0.25) is 4.40 Å². The van der Waals surface area contributed by atoms with Crippen molar-refractivity contribution in [1.82, 2.24) is 19.6 Å². The van der Waals surface area contributed by atoms with E-state index in [0.717, 1.165) is 16.5 Å². The quantitative estimate of drug-likeness (QED) is 0.304. The standard InChI is InChI=1S/C27H32N4OS/c1-26(2,3)21-11-7-19(8-12-21)17-32-24-23-28-15-16-31(23)25(30-29-24)33-18-20-9-13-22(14-10-20)27(4,5)6/h7-16H,17-18H2,1-6H3. The van der Waals surface area contributed by atoms with Gasteiger partial charge in [0.1, 0.15) is 6.61 Å². The normalized spacial score (nSPS) is 12.3. The minimum absolute atomic E-state index is 0.134. The first-order valence-corrected chi connectivity index (χ1v) is 12.2. The highest BCUT2D eigenvalue weighted by Gasteiger charge is 2.15. The molecule has 0 aliphatic heterocycles. The summed E-state index contributed by atoms with van der Waals surface area (Å²) in [6.07, 6.45) is 3.66. The third-order valence-corrected chi connectivity index (χ3v) is 6.66. The lowest BCUT2D eigenvalue weighted by Gasteiger charge is -2.19. The van der Waals surface area contributed by atoms with Crippen LogP contribution in [-0.2, 0) is 23.2 Å². The molecule has 0 unspecified atom stereocenters. The van der Waals surface area contributed by atoms with E-state index >= 15 is 0 Å². The van der Waals surface area contributed by atoms with Crippen molar-refractivity contribution in [2.45, 2.75) is 69.9 Å². The summed E-state index contributed by atoms with van der Waals surface area (Å²) in [6, 6.07) is 17.3. The number of aromatic nitrogens is 4. The fraction of sp³-hybridized carbons (Fsp3) is 0.370. The molecule has 0 saturated heterocycles. The molecule has 5 nitrogen and oxygen atoms in total. The van der Waals surface area contributed by atoms with E-state index in [1.165, 1.54) is 16.7 Å². The van der Waals surface area contributed by atoms with E-state index in [-0.39, 0.29) is 10.8 Å². The van der Waals surface area contributed by atoms with Gasteiger partial charge in [-0.1, -0.05) is 102 Å². The Morgan fingerprint density at radius 2 is 1.36 bits per heavy atom. The second-order valence-electron chi connectivity index (χ2n) is 10.4. The lowest BCUT2D eigenvalue weighted by molar-refractivity contribution is 0.290. The summed E-state index contributed by atoms with van der Waals surface area (Å²) in [5.74, 6) is 1.26. The number of hydrogen-bond donors (Lipinski definition) is 0. The SMILES string of the molecule is CC(C)(C)c1ccc(COc2nnc(SCc3ccc(C(C)(C)C)cc3)n3ccnc23)cc1. The van der Waals surface area contributed by atoms with Crippen molar-refractivity contribution in [2.75, 3.05) is 0 Å². The van der Waals surface area contributed by atoms with Gasteiger partial charge in [0.25, 0.3) is 5.88 Å². The topological polar surface area (TPSA) is 52.3 Å². The smallest absolute Gasteiger partial charge is 0.278 e. The number of benzene rings is 2. The molecule has 0 radical (unpaired) electrons. The maximum Gasteiger partial charge on any atom is 0.278 e. The highest BCUT2D eigenvalue weighted by atomic mass is 32.2. The van der Waals surface area contributed by atoms with Gasteiger partial charge in [-0.05, 0) is 33.1 Å². The second kappa shape index (κ2) is 9.18. The fourth-order valence-electron chi connectivity index (χ4n) is 3.49. The van der Waals surface area contributed by atoms with Crippen LogP contribution in [-0.4, -0.2) is 19.6 Å². The van der Waals surface area contributed by atoms with Crippen molar-refractivity contribution in [3.05, 3.63) is 83.2 Å². The van der Waals surface area contributed by atoms with Gasteiger partial charge in [0, 0.05) is 18.1 Å².